The molecule has 0 aliphatic heterocycles. The lowest BCUT2D eigenvalue weighted by molar-refractivity contribution is 0.155. The smallest absolute Gasteiger partial charge is 0.425 e. The highest BCUT2D eigenvalue weighted by Crippen LogP contribution is 2.28. The number of amides is 2. The van der Waals surface area contributed by atoms with E-state index in [1.165, 1.54) is 4.90 Å². The summed E-state index contributed by atoms with van der Waals surface area (Å²) in [4.78, 5) is 42.1. The van der Waals surface area contributed by atoms with E-state index in [-0.39, 0.29) is 29.6 Å². The number of nitrogens with one attached hydrogen (secondary N) is 2. The molecule has 1 radical (unpaired) electrons. The molecule has 5 aromatic rings. The molecule has 0 saturated heterocycles. The first-order valence-electron chi connectivity index (χ1n) is 10.9. The number of benzene rings is 3. The molecule has 0 atom stereocenters. The number of aromatic amines is 1. The van der Waals surface area contributed by atoms with Gasteiger partial charge in [0, 0.05) is 0 Å². The zero-order valence-electron chi connectivity index (χ0n) is 18.8. The number of carbonyl (C=O) groups is 2. The minimum atomic E-state index is -0.773. The van der Waals surface area contributed by atoms with E-state index in [0.717, 1.165) is 5.56 Å². The molecule has 0 aliphatic rings. The Morgan fingerprint density at radius 1 is 0.861 bits per heavy atom. The Bertz CT molecular complexity index is 1440. The van der Waals surface area contributed by atoms with Crippen LogP contribution in [0.5, 0.6) is 5.88 Å². The predicted molar refractivity (Wildman–Crippen MR) is 132 cm³/mol. The van der Waals surface area contributed by atoms with E-state index in [1.807, 2.05) is 66.7 Å². The van der Waals surface area contributed by atoms with Crippen LogP contribution in [0.15, 0.2) is 91.0 Å². The standard InChI is InChI=1S/C26H19N6O4/c33-25(35-16-18-10-4-1-5-11-18)31-24-29-22-21(27-17-28-22)23(30-24)36-26(34)32(19-12-6-2-7-13-19)20-14-8-3-9-15-20/h1-15H,16H2,(H2,27,28,29,30,31,33). The normalized spacial score (nSPS) is 10.6. The van der Waals surface area contributed by atoms with Gasteiger partial charge in [0.2, 0.25) is 5.95 Å². The summed E-state index contributed by atoms with van der Waals surface area (Å²) in [5.74, 6) is -0.274. The SMILES string of the molecule is O=C(Nc1nc(OC(=O)N(c2ccccc2)c2ccccc2)c2[nH][c]nc2n1)OCc1ccccc1. The highest BCUT2D eigenvalue weighted by atomic mass is 16.6. The number of hydrogen-bond donors (Lipinski definition) is 2. The van der Waals surface area contributed by atoms with Gasteiger partial charge in [-0.05, 0) is 29.8 Å². The maximum absolute atomic E-state index is 13.4. The van der Waals surface area contributed by atoms with E-state index in [2.05, 4.69) is 31.6 Å². The van der Waals surface area contributed by atoms with Crippen LogP contribution < -0.4 is 15.0 Å². The fourth-order valence-electron chi connectivity index (χ4n) is 3.38. The van der Waals surface area contributed by atoms with Gasteiger partial charge in [-0.1, -0.05) is 66.7 Å². The van der Waals surface area contributed by atoms with Crippen molar-refractivity contribution in [1.29, 1.82) is 0 Å². The van der Waals surface area contributed by atoms with E-state index in [1.54, 1.807) is 24.3 Å². The van der Waals surface area contributed by atoms with Crippen molar-refractivity contribution < 1.29 is 19.1 Å². The summed E-state index contributed by atoms with van der Waals surface area (Å²) in [6, 6.07) is 27.3. The number of ether oxygens (including phenoxy) is 2. The zero-order chi connectivity index (χ0) is 24.7. The van der Waals surface area contributed by atoms with Crippen LogP contribution in [0.4, 0.5) is 26.9 Å². The first-order chi connectivity index (χ1) is 17.7. The van der Waals surface area contributed by atoms with E-state index in [4.69, 9.17) is 9.47 Å². The number of fused-ring (bicyclic) bond motifs is 1. The van der Waals surface area contributed by atoms with Crippen molar-refractivity contribution in [3.05, 3.63) is 103 Å². The largest absolute Gasteiger partial charge is 0.444 e. The molecule has 0 spiro atoms. The minimum absolute atomic E-state index is 0.0655. The van der Waals surface area contributed by atoms with Crippen LogP contribution in [0, 0.1) is 6.33 Å². The fraction of sp³-hybridized carbons (Fsp3) is 0.0385. The number of hydrogen-bond acceptors (Lipinski definition) is 7. The van der Waals surface area contributed by atoms with Crippen molar-refractivity contribution in [3.8, 4) is 5.88 Å². The first-order valence-corrected chi connectivity index (χ1v) is 10.9. The van der Waals surface area contributed by atoms with Gasteiger partial charge in [0.1, 0.15) is 12.1 Å². The number of para-hydroxylation sites is 2. The molecule has 0 bridgehead atoms. The molecular formula is C26H19N6O4. The van der Waals surface area contributed by atoms with Crippen LogP contribution in [0.1, 0.15) is 5.56 Å². The van der Waals surface area contributed by atoms with Gasteiger partial charge in [0.05, 0.1) is 11.4 Å². The Kier molecular flexibility index (Phi) is 6.48. The second-order valence-corrected chi connectivity index (χ2v) is 7.46. The molecule has 5 rings (SSSR count). The molecule has 0 unspecified atom stereocenters. The second-order valence-electron chi connectivity index (χ2n) is 7.46. The van der Waals surface area contributed by atoms with Gasteiger partial charge >= 0.3 is 12.2 Å². The Morgan fingerprint density at radius 3 is 2.11 bits per heavy atom. The third kappa shape index (κ3) is 5.12. The van der Waals surface area contributed by atoms with E-state index in [9.17, 15) is 9.59 Å². The van der Waals surface area contributed by atoms with Crippen molar-refractivity contribution in [1.82, 2.24) is 19.9 Å². The molecule has 0 fully saturated rings. The summed E-state index contributed by atoms with van der Waals surface area (Å²) in [5.41, 5.74) is 2.41. The fourth-order valence-corrected chi connectivity index (χ4v) is 3.38. The van der Waals surface area contributed by atoms with Crippen molar-refractivity contribution >= 4 is 40.7 Å². The minimum Gasteiger partial charge on any atom is -0.444 e. The van der Waals surface area contributed by atoms with Crippen molar-refractivity contribution in [2.75, 3.05) is 10.2 Å². The number of rotatable bonds is 6. The average molecular weight is 479 g/mol. The Labute approximate surface area is 205 Å². The summed E-state index contributed by atoms with van der Waals surface area (Å²) in [6.07, 6.45) is 1.05. The molecule has 2 heterocycles. The number of anilines is 3. The topological polar surface area (TPSA) is 122 Å². The summed E-state index contributed by atoms with van der Waals surface area (Å²) < 4.78 is 10.9. The first kappa shape index (κ1) is 22.5. The summed E-state index contributed by atoms with van der Waals surface area (Å²) in [6.45, 7) is 0.0655. The summed E-state index contributed by atoms with van der Waals surface area (Å²) in [5, 5.41) is 2.44. The van der Waals surface area contributed by atoms with Crippen molar-refractivity contribution in [2.45, 2.75) is 6.61 Å². The average Bonchev–Trinajstić information content (AvgIpc) is 3.39. The Hall–Kier alpha value is -5.25. The molecule has 2 N–H and O–H groups in total. The Balaban J connectivity index is 1.38. The van der Waals surface area contributed by atoms with Gasteiger partial charge in [-0.2, -0.15) is 9.97 Å². The number of nitrogens with zero attached hydrogens (tertiary/aromatic N) is 4. The van der Waals surface area contributed by atoms with Crippen molar-refractivity contribution in [2.24, 2.45) is 0 Å². The molecule has 0 aliphatic carbocycles. The maximum Gasteiger partial charge on any atom is 0.425 e. The van der Waals surface area contributed by atoms with Gasteiger partial charge < -0.3 is 14.5 Å². The molecule has 0 saturated carbocycles. The summed E-state index contributed by atoms with van der Waals surface area (Å²) >= 11 is 0. The lowest BCUT2D eigenvalue weighted by Crippen LogP contribution is -2.29. The molecule has 36 heavy (non-hydrogen) atoms. The summed E-state index contributed by atoms with van der Waals surface area (Å²) in [7, 11) is 0. The zero-order valence-corrected chi connectivity index (χ0v) is 18.8. The second kappa shape index (κ2) is 10.3. The van der Waals surface area contributed by atoms with Gasteiger partial charge in [-0.25, -0.2) is 19.5 Å². The van der Waals surface area contributed by atoms with Crippen LogP contribution in [0.3, 0.4) is 0 Å². The molecule has 2 amide bonds. The van der Waals surface area contributed by atoms with Crippen LogP contribution in [0.25, 0.3) is 11.2 Å². The van der Waals surface area contributed by atoms with Crippen LogP contribution in [0.2, 0.25) is 0 Å². The number of carbonyl (C=O) groups excluding carboxylic acids is 2. The molecule has 10 heteroatoms. The Morgan fingerprint density at radius 2 is 1.47 bits per heavy atom. The number of aromatic nitrogens is 4. The highest BCUT2D eigenvalue weighted by Gasteiger charge is 2.23. The third-order valence-corrected chi connectivity index (χ3v) is 5.02. The highest BCUT2D eigenvalue weighted by molar-refractivity contribution is 5.98. The molecule has 10 nitrogen and oxygen atoms in total. The van der Waals surface area contributed by atoms with Crippen LogP contribution in [-0.4, -0.2) is 32.1 Å². The van der Waals surface area contributed by atoms with E-state index < -0.39 is 12.2 Å². The molecule has 2 aromatic heterocycles. The monoisotopic (exact) mass is 479 g/mol. The van der Waals surface area contributed by atoms with Gasteiger partial charge in [-0.15, -0.1) is 0 Å². The number of H-pyrrole nitrogens is 1. The van der Waals surface area contributed by atoms with E-state index >= 15 is 0 Å². The predicted octanol–water partition coefficient (Wildman–Crippen LogP) is 5.24. The van der Waals surface area contributed by atoms with Crippen LogP contribution in [-0.2, 0) is 11.3 Å². The van der Waals surface area contributed by atoms with Crippen molar-refractivity contribution in [3.63, 3.8) is 0 Å². The molecular weight excluding hydrogens is 460 g/mol. The number of imidazole rings is 1. The van der Waals surface area contributed by atoms with Crippen LogP contribution >= 0.6 is 0 Å². The lowest BCUT2D eigenvalue weighted by Gasteiger charge is -2.22. The lowest BCUT2D eigenvalue weighted by atomic mass is 10.2. The van der Waals surface area contributed by atoms with Gasteiger partial charge in [0.15, 0.2) is 12.0 Å². The quantitative estimate of drug-likeness (QED) is 0.341. The maximum atomic E-state index is 13.4. The van der Waals surface area contributed by atoms with Gasteiger partial charge in [-0.3, -0.25) is 5.32 Å². The van der Waals surface area contributed by atoms with Gasteiger partial charge in [0.25, 0.3) is 5.88 Å². The molecule has 3 aromatic carbocycles. The molecule has 177 valence electrons. The third-order valence-electron chi connectivity index (χ3n) is 5.02. The van der Waals surface area contributed by atoms with E-state index in [0.29, 0.717) is 11.4 Å².